The Balaban J connectivity index is 2.56. The van der Waals surface area contributed by atoms with E-state index in [2.05, 4.69) is 10.1 Å². The third-order valence-electron chi connectivity index (χ3n) is 3.15. The van der Waals surface area contributed by atoms with Crippen LogP contribution in [0.3, 0.4) is 0 Å². The maximum absolute atomic E-state index is 12.0. The number of aliphatic hydroxyl groups is 1. The molecule has 1 N–H and O–H groups in total. The van der Waals surface area contributed by atoms with Crippen molar-refractivity contribution in [2.45, 2.75) is 26.7 Å². The molecule has 6 nitrogen and oxygen atoms in total. The number of aliphatic hydroxyl groups excluding tert-OH is 1. The monoisotopic (exact) mass is 277 g/mol. The molecule has 0 aliphatic carbocycles. The van der Waals surface area contributed by atoms with E-state index >= 15 is 0 Å². The average Bonchev–Trinajstić information content (AvgIpc) is 2.70. The van der Waals surface area contributed by atoms with E-state index in [9.17, 15) is 4.79 Å². The van der Waals surface area contributed by atoms with Gasteiger partial charge in [-0.15, -0.1) is 0 Å². The van der Waals surface area contributed by atoms with Crippen LogP contribution in [0.2, 0.25) is 0 Å². The van der Waals surface area contributed by atoms with Gasteiger partial charge in [0.1, 0.15) is 0 Å². The van der Waals surface area contributed by atoms with Crippen LogP contribution in [0, 0.1) is 6.92 Å². The first-order valence-corrected chi connectivity index (χ1v) is 6.69. The number of carbonyl (C=O) groups is 1. The molecule has 20 heavy (non-hydrogen) atoms. The third-order valence-corrected chi connectivity index (χ3v) is 3.15. The number of hydrogen-bond donors (Lipinski definition) is 1. The highest BCUT2D eigenvalue weighted by Gasteiger charge is 2.18. The summed E-state index contributed by atoms with van der Waals surface area (Å²) in [5.74, 6) is -0.429. The van der Waals surface area contributed by atoms with Crippen molar-refractivity contribution in [2.75, 3.05) is 13.2 Å². The van der Waals surface area contributed by atoms with Gasteiger partial charge < -0.3 is 9.84 Å². The van der Waals surface area contributed by atoms with Crippen molar-refractivity contribution in [3.8, 4) is 0 Å². The van der Waals surface area contributed by atoms with Crippen LogP contribution in [-0.2, 0) is 18.2 Å². The van der Waals surface area contributed by atoms with Crippen LogP contribution >= 0.6 is 0 Å². The van der Waals surface area contributed by atoms with Gasteiger partial charge in [-0.2, -0.15) is 5.10 Å². The second-order valence-corrected chi connectivity index (χ2v) is 4.62. The number of hydrogen-bond acceptors (Lipinski definition) is 5. The van der Waals surface area contributed by atoms with Gasteiger partial charge in [0.2, 0.25) is 0 Å². The van der Waals surface area contributed by atoms with Gasteiger partial charge in [0.25, 0.3) is 0 Å². The van der Waals surface area contributed by atoms with Gasteiger partial charge in [-0.25, -0.2) is 9.78 Å². The van der Waals surface area contributed by atoms with Crippen molar-refractivity contribution in [1.29, 1.82) is 0 Å². The molecule has 2 aromatic rings. The van der Waals surface area contributed by atoms with E-state index in [4.69, 9.17) is 9.84 Å². The summed E-state index contributed by atoms with van der Waals surface area (Å²) in [4.78, 5) is 16.4. The molecule has 0 aromatic carbocycles. The Morgan fingerprint density at radius 2 is 2.25 bits per heavy atom. The quantitative estimate of drug-likeness (QED) is 0.835. The predicted molar refractivity (Wildman–Crippen MR) is 74.6 cm³/mol. The molecule has 0 spiro atoms. The smallest absolute Gasteiger partial charge is 0.357 e. The van der Waals surface area contributed by atoms with Crippen LogP contribution in [-0.4, -0.2) is 39.1 Å². The van der Waals surface area contributed by atoms with Crippen LogP contribution in [0.25, 0.3) is 11.0 Å². The summed E-state index contributed by atoms with van der Waals surface area (Å²) in [5, 5.41) is 14.2. The lowest BCUT2D eigenvalue weighted by Crippen LogP contribution is -2.12. The number of aryl methyl sites for hydroxylation is 3. The van der Waals surface area contributed by atoms with Crippen LogP contribution in [0.1, 0.15) is 35.1 Å². The summed E-state index contributed by atoms with van der Waals surface area (Å²) in [6, 6.07) is 1.92. The zero-order valence-corrected chi connectivity index (χ0v) is 12.0. The standard InChI is InChI=1S/C14H19N3O3/c1-4-20-14(19)12-10(6-5-7-18)8-11-9(2)16-17(3)13(11)15-12/h8,18H,4-7H2,1-3H3. The Kier molecular flexibility index (Phi) is 4.34. The van der Waals surface area contributed by atoms with Crippen LogP contribution in [0.4, 0.5) is 0 Å². The molecule has 0 aliphatic heterocycles. The largest absolute Gasteiger partial charge is 0.461 e. The Bertz CT molecular complexity index is 634. The molecule has 0 fully saturated rings. The van der Waals surface area contributed by atoms with E-state index in [-0.39, 0.29) is 6.61 Å². The fraction of sp³-hybridized carbons (Fsp3) is 0.500. The SMILES string of the molecule is CCOC(=O)c1nc2c(cc1CCCO)c(C)nn2C. The van der Waals surface area contributed by atoms with Crippen molar-refractivity contribution in [3.05, 3.63) is 23.0 Å². The molecule has 0 radical (unpaired) electrons. The molecule has 0 unspecified atom stereocenters. The lowest BCUT2D eigenvalue weighted by Gasteiger charge is -2.08. The third kappa shape index (κ3) is 2.65. The van der Waals surface area contributed by atoms with Crippen molar-refractivity contribution < 1.29 is 14.6 Å². The van der Waals surface area contributed by atoms with E-state index in [0.29, 0.717) is 30.8 Å². The highest BCUT2D eigenvalue weighted by atomic mass is 16.5. The summed E-state index contributed by atoms with van der Waals surface area (Å²) in [5.41, 5.74) is 2.64. The molecule has 0 bridgehead atoms. The first kappa shape index (κ1) is 14.5. The lowest BCUT2D eigenvalue weighted by atomic mass is 10.1. The Labute approximate surface area is 117 Å². The van der Waals surface area contributed by atoms with E-state index in [0.717, 1.165) is 16.6 Å². The highest BCUT2D eigenvalue weighted by Crippen LogP contribution is 2.21. The number of fused-ring (bicyclic) bond motifs is 1. The molecule has 2 rings (SSSR count). The molecule has 108 valence electrons. The second-order valence-electron chi connectivity index (χ2n) is 4.62. The van der Waals surface area contributed by atoms with E-state index < -0.39 is 5.97 Å². The minimum absolute atomic E-state index is 0.0757. The molecular weight excluding hydrogens is 258 g/mol. The van der Waals surface area contributed by atoms with Gasteiger partial charge in [0.15, 0.2) is 11.3 Å². The molecule has 2 heterocycles. The van der Waals surface area contributed by atoms with Gasteiger partial charge in [-0.1, -0.05) is 0 Å². The van der Waals surface area contributed by atoms with Crippen LogP contribution in [0.5, 0.6) is 0 Å². The lowest BCUT2D eigenvalue weighted by molar-refractivity contribution is 0.0518. The summed E-state index contributed by atoms with van der Waals surface area (Å²) in [7, 11) is 1.80. The molecule has 0 amide bonds. The van der Waals surface area contributed by atoms with Gasteiger partial charge in [-0.05, 0) is 38.3 Å². The van der Waals surface area contributed by atoms with Crippen molar-refractivity contribution >= 4 is 17.0 Å². The molecule has 0 atom stereocenters. The first-order chi connectivity index (χ1) is 9.58. The minimum atomic E-state index is -0.429. The number of rotatable bonds is 5. The van der Waals surface area contributed by atoms with Crippen LogP contribution < -0.4 is 0 Å². The number of ether oxygens (including phenoxy) is 1. The van der Waals surface area contributed by atoms with Gasteiger partial charge in [-0.3, -0.25) is 4.68 Å². The number of carbonyl (C=O) groups excluding carboxylic acids is 1. The summed E-state index contributed by atoms with van der Waals surface area (Å²) in [6.45, 7) is 4.05. The fourth-order valence-corrected chi connectivity index (χ4v) is 2.22. The highest BCUT2D eigenvalue weighted by molar-refractivity contribution is 5.92. The Hall–Kier alpha value is -1.95. The molecule has 0 aliphatic rings. The summed E-state index contributed by atoms with van der Waals surface area (Å²) >= 11 is 0. The normalized spacial score (nSPS) is 11.0. The Morgan fingerprint density at radius 3 is 2.90 bits per heavy atom. The van der Waals surface area contributed by atoms with Gasteiger partial charge in [0.05, 0.1) is 12.3 Å². The van der Waals surface area contributed by atoms with Crippen molar-refractivity contribution in [3.63, 3.8) is 0 Å². The van der Waals surface area contributed by atoms with Crippen LogP contribution in [0.15, 0.2) is 6.07 Å². The molecule has 6 heteroatoms. The summed E-state index contributed by atoms with van der Waals surface area (Å²) in [6.07, 6.45) is 1.17. The fourth-order valence-electron chi connectivity index (χ4n) is 2.22. The maximum atomic E-state index is 12.0. The molecule has 0 saturated heterocycles. The van der Waals surface area contributed by atoms with Crippen molar-refractivity contribution in [1.82, 2.24) is 14.8 Å². The second kappa shape index (κ2) is 6.00. The number of aromatic nitrogens is 3. The topological polar surface area (TPSA) is 77.2 Å². The van der Waals surface area contributed by atoms with Crippen molar-refractivity contribution in [2.24, 2.45) is 7.05 Å². The van der Waals surface area contributed by atoms with E-state index in [1.165, 1.54) is 0 Å². The van der Waals surface area contributed by atoms with E-state index in [1.807, 2.05) is 13.0 Å². The Morgan fingerprint density at radius 1 is 1.50 bits per heavy atom. The number of esters is 1. The molecule has 2 aromatic heterocycles. The maximum Gasteiger partial charge on any atom is 0.357 e. The average molecular weight is 277 g/mol. The zero-order valence-electron chi connectivity index (χ0n) is 12.0. The van der Waals surface area contributed by atoms with E-state index in [1.54, 1.807) is 18.7 Å². The zero-order chi connectivity index (χ0) is 14.7. The molecule has 0 saturated carbocycles. The van der Waals surface area contributed by atoms with Gasteiger partial charge in [0, 0.05) is 19.0 Å². The number of pyridine rings is 1. The molecular formula is C14H19N3O3. The number of nitrogens with zero attached hydrogens (tertiary/aromatic N) is 3. The summed E-state index contributed by atoms with van der Waals surface area (Å²) < 4.78 is 6.71. The minimum Gasteiger partial charge on any atom is -0.461 e. The first-order valence-electron chi connectivity index (χ1n) is 6.69. The predicted octanol–water partition coefficient (Wildman–Crippen LogP) is 1.38. The van der Waals surface area contributed by atoms with Gasteiger partial charge >= 0.3 is 5.97 Å².